The third-order valence-corrected chi connectivity index (χ3v) is 5.45. The molecule has 0 radical (unpaired) electrons. The summed E-state index contributed by atoms with van der Waals surface area (Å²) in [7, 11) is 1.99. The van der Waals surface area contributed by atoms with Crippen LogP contribution in [0.25, 0.3) is 11.3 Å². The Labute approximate surface area is 137 Å². The van der Waals surface area contributed by atoms with Gasteiger partial charge in [-0.2, -0.15) is 5.10 Å². The van der Waals surface area contributed by atoms with Gasteiger partial charge >= 0.3 is 0 Å². The van der Waals surface area contributed by atoms with Gasteiger partial charge in [0.05, 0.1) is 11.8 Å². The summed E-state index contributed by atoms with van der Waals surface area (Å²) in [6, 6.07) is 10.4. The monoisotopic (exact) mass is 311 g/mol. The molecule has 2 fully saturated rings. The first-order valence-electron chi connectivity index (χ1n) is 8.69. The van der Waals surface area contributed by atoms with Gasteiger partial charge in [-0.1, -0.05) is 36.8 Å². The number of hydrogen-bond donors (Lipinski definition) is 1. The zero-order valence-electron chi connectivity index (χ0n) is 13.7. The molecule has 1 aliphatic carbocycles. The van der Waals surface area contributed by atoms with Gasteiger partial charge in [0.15, 0.2) is 0 Å². The number of piperidine rings is 1. The Morgan fingerprint density at radius 1 is 1.13 bits per heavy atom. The van der Waals surface area contributed by atoms with Crippen LogP contribution in [-0.4, -0.2) is 39.0 Å². The van der Waals surface area contributed by atoms with E-state index in [1.807, 2.05) is 17.8 Å². The summed E-state index contributed by atoms with van der Waals surface area (Å²) >= 11 is 0. The third-order valence-electron chi connectivity index (χ3n) is 5.45. The van der Waals surface area contributed by atoms with Gasteiger partial charge < -0.3 is 5.11 Å². The number of nitrogens with zero attached hydrogens (tertiary/aromatic N) is 3. The van der Waals surface area contributed by atoms with Crippen molar-refractivity contribution in [2.24, 2.45) is 18.9 Å². The van der Waals surface area contributed by atoms with Crippen molar-refractivity contribution in [3.05, 3.63) is 42.1 Å². The summed E-state index contributed by atoms with van der Waals surface area (Å²) in [5.41, 5.74) is 3.55. The highest BCUT2D eigenvalue weighted by atomic mass is 16.3. The van der Waals surface area contributed by atoms with Gasteiger partial charge in [-0.25, -0.2) is 0 Å². The predicted octanol–water partition coefficient (Wildman–Crippen LogP) is 2.68. The van der Waals surface area contributed by atoms with Crippen LogP contribution in [0.3, 0.4) is 0 Å². The second-order valence-corrected chi connectivity index (χ2v) is 7.18. The first-order valence-corrected chi connectivity index (χ1v) is 8.69. The molecule has 1 N–H and O–H groups in total. The second kappa shape index (κ2) is 6.10. The number of benzene rings is 1. The number of fused-ring (bicyclic) bond motifs is 2. The van der Waals surface area contributed by atoms with Gasteiger partial charge in [0.1, 0.15) is 0 Å². The van der Waals surface area contributed by atoms with Crippen molar-refractivity contribution in [3.63, 3.8) is 0 Å². The molecule has 1 saturated heterocycles. The van der Waals surface area contributed by atoms with Crippen LogP contribution in [0, 0.1) is 11.8 Å². The Kier molecular flexibility index (Phi) is 3.95. The minimum absolute atomic E-state index is 0.0810. The van der Waals surface area contributed by atoms with E-state index in [1.54, 1.807) is 0 Å². The molecule has 4 rings (SSSR count). The van der Waals surface area contributed by atoms with Crippen LogP contribution in [0.1, 0.15) is 24.8 Å². The van der Waals surface area contributed by atoms with Crippen molar-refractivity contribution in [3.8, 4) is 11.3 Å². The van der Waals surface area contributed by atoms with E-state index in [9.17, 15) is 5.11 Å². The van der Waals surface area contributed by atoms with E-state index in [0.29, 0.717) is 11.8 Å². The quantitative estimate of drug-likeness (QED) is 0.947. The molecule has 0 spiro atoms. The fourth-order valence-corrected chi connectivity index (χ4v) is 4.37. The highest BCUT2D eigenvalue weighted by molar-refractivity contribution is 5.62. The molecule has 1 aromatic carbocycles. The van der Waals surface area contributed by atoms with Gasteiger partial charge in [0, 0.05) is 44.0 Å². The molecule has 2 heterocycles. The molecule has 2 aromatic rings. The summed E-state index contributed by atoms with van der Waals surface area (Å²) in [4.78, 5) is 2.52. The van der Waals surface area contributed by atoms with Crippen molar-refractivity contribution in [2.75, 3.05) is 13.1 Å². The van der Waals surface area contributed by atoms with Crippen LogP contribution >= 0.6 is 0 Å². The summed E-state index contributed by atoms with van der Waals surface area (Å²) in [5, 5.41) is 15.0. The van der Waals surface area contributed by atoms with Crippen LogP contribution in [0.5, 0.6) is 0 Å². The summed E-state index contributed by atoms with van der Waals surface area (Å²) in [5.74, 6) is 0.915. The molecule has 2 bridgehead atoms. The van der Waals surface area contributed by atoms with Gasteiger partial charge in [0.2, 0.25) is 0 Å². The van der Waals surface area contributed by atoms with E-state index in [2.05, 4.69) is 40.5 Å². The zero-order valence-corrected chi connectivity index (χ0v) is 13.7. The van der Waals surface area contributed by atoms with Crippen LogP contribution in [0.2, 0.25) is 0 Å². The second-order valence-electron chi connectivity index (χ2n) is 7.18. The Hall–Kier alpha value is -1.65. The topological polar surface area (TPSA) is 41.3 Å². The number of likely N-dealkylation sites (tertiary alicyclic amines) is 1. The molecular weight excluding hydrogens is 286 g/mol. The van der Waals surface area contributed by atoms with Crippen LogP contribution in [-0.2, 0) is 13.6 Å². The Bertz CT molecular complexity index is 653. The SMILES string of the molecule is Cn1cc(CN2C[C@H]3CCC[C@@H](C2)C3O)c(-c2ccccc2)n1. The maximum Gasteiger partial charge on any atom is 0.0968 e. The number of aliphatic hydroxyl groups is 1. The van der Waals surface area contributed by atoms with E-state index < -0.39 is 0 Å². The van der Waals surface area contributed by atoms with Gasteiger partial charge in [-0.3, -0.25) is 9.58 Å². The molecule has 122 valence electrons. The van der Waals surface area contributed by atoms with Gasteiger partial charge in [-0.15, -0.1) is 0 Å². The Balaban J connectivity index is 1.56. The van der Waals surface area contributed by atoms with E-state index in [1.165, 1.54) is 30.4 Å². The first-order chi connectivity index (χ1) is 11.2. The minimum atomic E-state index is -0.0810. The zero-order chi connectivity index (χ0) is 15.8. The predicted molar refractivity (Wildman–Crippen MR) is 90.8 cm³/mol. The van der Waals surface area contributed by atoms with Crippen molar-refractivity contribution in [2.45, 2.75) is 31.9 Å². The number of rotatable bonds is 3. The molecule has 4 nitrogen and oxygen atoms in total. The fourth-order valence-electron chi connectivity index (χ4n) is 4.37. The number of hydrogen-bond acceptors (Lipinski definition) is 3. The van der Waals surface area contributed by atoms with Crippen molar-refractivity contribution >= 4 is 0 Å². The fraction of sp³-hybridized carbons (Fsp3) is 0.526. The lowest BCUT2D eigenvalue weighted by Crippen LogP contribution is -2.51. The molecule has 0 amide bonds. The van der Waals surface area contributed by atoms with Crippen molar-refractivity contribution in [1.82, 2.24) is 14.7 Å². The van der Waals surface area contributed by atoms with E-state index in [4.69, 9.17) is 0 Å². The van der Waals surface area contributed by atoms with E-state index in [0.717, 1.165) is 25.3 Å². The summed E-state index contributed by atoms with van der Waals surface area (Å²) in [6.07, 6.45) is 5.69. The summed E-state index contributed by atoms with van der Waals surface area (Å²) < 4.78 is 1.91. The van der Waals surface area contributed by atoms with Gasteiger partial charge in [-0.05, 0) is 24.7 Å². The highest BCUT2D eigenvalue weighted by Crippen LogP contribution is 2.36. The van der Waals surface area contributed by atoms with Crippen molar-refractivity contribution < 1.29 is 5.11 Å². The van der Waals surface area contributed by atoms with Crippen LogP contribution in [0.15, 0.2) is 36.5 Å². The highest BCUT2D eigenvalue weighted by Gasteiger charge is 2.38. The lowest BCUT2D eigenvalue weighted by molar-refractivity contribution is -0.0516. The molecule has 1 aliphatic heterocycles. The minimum Gasteiger partial charge on any atom is -0.392 e. The Morgan fingerprint density at radius 2 is 1.83 bits per heavy atom. The molecule has 3 atom stereocenters. The maximum atomic E-state index is 10.4. The number of aryl methyl sites for hydroxylation is 1. The smallest absolute Gasteiger partial charge is 0.0968 e. The number of aromatic nitrogens is 2. The van der Waals surface area contributed by atoms with E-state index in [-0.39, 0.29) is 6.10 Å². The average Bonchev–Trinajstić information content (AvgIpc) is 2.90. The van der Waals surface area contributed by atoms with Crippen LogP contribution < -0.4 is 0 Å². The Morgan fingerprint density at radius 3 is 2.52 bits per heavy atom. The molecule has 1 unspecified atom stereocenters. The van der Waals surface area contributed by atoms with Gasteiger partial charge in [0.25, 0.3) is 0 Å². The summed E-state index contributed by atoms with van der Waals surface area (Å²) in [6.45, 7) is 2.96. The number of aliphatic hydroxyl groups excluding tert-OH is 1. The standard InChI is InChI=1S/C19H25N3O/c1-21-10-17(18(20-21)14-6-3-2-4-7-14)13-22-11-15-8-5-9-16(12-22)19(15)23/h2-4,6-7,10,15-16,19,23H,5,8-9,11-13H2,1H3/t15-,16+,19?. The first kappa shape index (κ1) is 14.9. The molecule has 1 aromatic heterocycles. The largest absolute Gasteiger partial charge is 0.392 e. The third kappa shape index (κ3) is 2.93. The lowest BCUT2D eigenvalue weighted by Gasteiger charge is -2.45. The molecule has 1 saturated carbocycles. The molecule has 2 aliphatic rings. The normalized spacial score (nSPS) is 28.0. The lowest BCUT2D eigenvalue weighted by atomic mass is 9.75. The average molecular weight is 311 g/mol. The molecular formula is C19H25N3O. The van der Waals surface area contributed by atoms with Crippen molar-refractivity contribution in [1.29, 1.82) is 0 Å². The maximum absolute atomic E-state index is 10.4. The van der Waals surface area contributed by atoms with Crippen LogP contribution in [0.4, 0.5) is 0 Å². The molecule has 23 heavy (non-hydrogen) atoms. The molecule has 4 heteroatoms. The van der Waals surface area contributed by atoms with E-state index >= 15 is 0 Å².